The van der Waals surface area contributed by atoms with E-state index in [1.165, 1.54) is 31.2 Å². The molecule has 3 aromatic rings. The Bertz CT molecular complexity index is 1210. The fourth-order valence-electron chi connectivity index (χ4n) is 3.16. The van der Waals surface area contributed by atoms with Crippen molar-refractivity contribution < 1.29 is 31.5 Å². The fraction of sp³-hybridized carbons (Fsp3) is 0.227. The third-order valence-corrected chi connectivity index (χ3v) is 8.49. The van der Waals surface area contributed by atoms with Crippen molar-refractivity contribution in [3.05, 3.63) is 77.9 Å². The maximum atomic E-state index is 13.0. The fourth-order valence-corrected chi connectivity index (χ4v) is 5.91. The van der Waals surface area contributed by atoms with Gasteiger partial charge >= 0.3 is 12.1 Å². The van der Waals surface area contributed by atoms with Crippen LogP contribution in [0.3, 0.4) is 0 Å². The second-order valence-corrected chi connectivity index (χ2v) is 10.4. The van der Waals surface area contributed by atoms with Crippen molar-refractivity contribution in [2.24, 2.45) is 0 Å². The summed E-state index contributed by atoms with van der Waals surface area (Å²) in [5.74, 6) is -2.03. The molecule has 10 heteroatoms. The summed E-state index contributed by atoms with van der Waals surface area (Å²) in [6.07, 6.45) is -4.47. The molecule has 0 aliphatic heterocycles. The van der Waals surface area contributed by atoms with E-state index in [0.717, 1.165) is 23.5 Å². The number of hydrogen-bond donors (Lipinski definition) is 2. The maximum absolute atomic E-state index is 13.0. The molecule has 3 rings (SSSR count). The Morgan fingerprint density at radius 3 is 2.12 bits per heavy atom. The molecule has 170 valence electrons. The molecule has 0 saturated heterocycles. The normalized spacial score (nSPS) is 15.2. The highest BCUT2D eigenvalue weighted by Crippen LogP contribution is 2.36. The number of thiophene rings is 1. The van der Waals surface area contributed by atoms with E-state index in [9.17, 15) is 31.5 Å². The third-order valence-electron chi connectivity index (χ3n) is 5.30. The van der Waals surface area contributed by atoms with Crippen LogP contribution in [0.15, 0.2) is 70.9 Å². The Balaban J connectivity index is 1.89. The lowest BCUT2D eigenvalue weighted by atomic mass is 9.83. The summed E-state index contributed by atoms with van der Waals surface area (Å²) in [6, 6.07) is 15.8. The van der Waals surface area contributed by atoms with E-state index < -0.39 is 39.2 Å². The van der Waals surface area contributed by atoms with Crippen LogP contribution in [0.1, 0.15) is 30.9 Å². The molecule has 1 aromatic heterocycles. The van der Waals surface area contributed by atoms with Crippen LogP contribution in [0.25, 0.3) is 10.4 Å². The Morgan fingerprint density at radius 2 is 1.59 bits per heavy atom. The van der Waals surface area contributed by atoms with Crippen LogP contribution in [0.5, 0.6) is 0 Å². The molecule has 5 nitrogen and oxygen atoms in total. The molecule has 0 aliphatic rings. The zero-order valence-electron chi connectivity index (χ0n) is 17.1. The topological polar surface area (TPSA) is 83.5 Å². The van der Waals surface area contributed by atoms with E-state index in [-0.39, 0.29) is 4.21 Å². The maximum Gasteiger partial charge on any atom is 0.416 e. The zero-order valence-corrected chi connectivity index (χ0v) is 18.7. The van der Waals surface area contributed by atoms with Gasteiger partial charge in [-0.15, -0.1) is 11.3 Å². The van der Waals surface area contributed by atoms with Gasteiger partial charge in [0.1, 0.15) is 9.75 Å². The van der Waals surface area contributed by atoms with Gasteiger partial charge in [0, 0.05) is 10.8 Å². The lowest BCUT2D eigenvalue weighted by Gasteiger charge is -2.32. The number of sulfonamides is 1. The minimum Gasteiger partial charge on any atom is -0.480 e. The summed E-state index contributed by atoms with van der Waals surface area (Å²) in [7, 11) is -4.23. The molecular weight excluding hydrogens is 463 g/mol. The average molecular weight is 484 g/mol. The highest BCUT2D eigenvalue weighted by atomic mass is 32.2. The molecule has 1 heterocycles. The Hall–Kier alpha value is -2.69. The van der Waals surface area contributed by atoms with Crippen LogP contribution in [-0.4, -0.2) is 25.0 Å². The monoisotopic (exact) mass is 483 g/mol. The standard InChI is InChI=1S/C22H20F3NO4S2/c1-14(15-6-4-3-5-7-15)21(2,20(27)28)26-32(29,30)19-13-12-18(31-19)16-8-10-17(11-9-16)22(23,24)25/h3-14,26H,1-2H3,(H,27,28)/t14?,21-/m0/s1. The quantitative estimate of drug-likeness (QED) is 0.474. The van der Waals surface area contributed by atoms with Crippen molar-refractivity contribution in [1.82, 2.24) is 4.72 Å². The Kier molecular flexibility index (Phi) is 6.50. The molecule has 0 radical (unpaired) electrons. The predicted molar refractivity (Wildman–Crippen MR) is 116 cm³/mol. The van der Waals surface area contributed by atoms with Crippen molar-refractivity contribution in [3.8, 4) is 10.4 Å². The highest BCUT2D eigenvalue weighted by molar-refractivity contribution is 7.91. The second-order valence-electron chi connectivity index (χ2n) is 7.44. The lowest BCUT2D eigenvalue weighted by Crippen LogP contribution is -2.55. The summed E-state index contributed by atoms with van der Waals surface area (Å²) >= 11 is 0.842. The smallest absolute Gasteiger partial charge is 0.416 e. The van der Waals surface area contributed by atoms with E-state index in [1.54, 1.807) is 37.3 Å². The van der Waals surface area contributed by atoms with Crippen LogP contribution in [0.4, 0.5) is 13.2 Å². The first-order valence-electron chi connectivity index (χ1n) is 9.44. The first kappa shape index (κ1) is 24.0. The first-order chi connectivity index (χ1) is 14.8. The Labute approximate surface area is 187 Å². The van der Waals surface area contributed by atoms with Gasteiger partial charge in [-0.05, 0) is 42.3 Å². The molecule has 0 saturated carbocycles. The summed E-state index contributed by atoms with van der Waals surface area (Å²) < 4.78 is 66.5. The number of rotatable bonds is 7. The van der Waals surface area contributed by atoms with E-state index >= 15 is 0 Å². The van der Waals surface area contributed by atoms with E-state index in [0.29, 0.717) is 16.0 Å². The molecular formula is C22H20F3NO4S2. The van der Waals surface area contributed by atoms with Crippen molar-refractivity contribution in [3.63, 3.8) is 0 Å². The van der Waals surface area contributed by atoms with Crippen LogP contribution in [0.2, 0.25) is 0 Å². The van der Waals surface area contributed by atoms with Crippen molar-refractivity contribution in [1.29, 1.82) is 0 Å². The minimum absolute atomic E-state index is 0.139. The predicted octanol–water partition coefficient (Wildman–Crippen LogP) is 5.36. The Morgan fingerprint density at radius 1 is 1.00 bits per heavy atom. The van der Waals surface area contributed by atoms with Crippen molar-refractivity contribution >= 4 is 27.3 Å². The van der Waals surface area contributed by atoms with Gasteiger partial charge in [0.15, 0.2) is 0 Å². The van der Waals surface area contributed by atoms with Crippen molar-refractivity contribution in [2.45, 2.75) is 35.7 Å². The SMILES string of the molecule is CC(c1ccccc1)[C@](C)(NS(=O)(=O)c1ccc(-c2ccc(C(F)(F)F)cc2)s1)C(=O)O. The molecule has 0 amide bonds. The number of carboxylic acid groups (broad SMARTS) is 1. The van der Waals surface area contributed by atoms with Gasteiger partial charge in [-0.2, -0.15) is 17.9 Å². The molecule has 0 fully saturated rings. The van der Waals surface area contributed by atoms with Gasteiger partial charge in [0.2, 0.25) is 0 Å². The molecule has 2 N–H and O–H groups in total. The number of aliphatic carboxylic acids is 1. The number of alkyl halides is 3. The average Bonchev–Trinajstić information content (AvgIpc) is 3.24. The van der Waals surface area contributed by atoms with Crippen LogP contribution in [-0.2, 0) is 21.0 Å². The van der Waals surface area contributed by atoms with Gasteiger partial charge in [-0.3, -0.25) is 4.79 Å². The third kappa shape index (κ3) is 4.87. The summed E-state index contributed by atoms with van der Waals surface area (Å²) in [5.41, 5.74) is -1.57. The number of carboxylic acids is 1. The van der Waals surface area contributed by atoms with Crippen LogP contribution < -0.4 is 4.72 Å². The number of hydrogen-bond acceptors (Lipinski definition) is 4. The van der Waals surface area contributed by atoms with Gasteiger partial charge in [0.05, 0.1) is 5.56 Å². The van der Waals surface area contributed by atoms with Crippen LogP contribution in [0, 0.1) is 0 Å². The molecule has 2 aromatic carbocycles. The van der Waals surface area contributed by atoms with Crippen molar-refractivity contribution in [2.75, 3.05) is 0 Å². The molecule has 0 spiro atoms. The number of benzene rings is 2. The van der Waals surface area contributed by atoms with E-state index in [2.05, 4.69) is 4.72 Å². The summed E-state index contributed by atoms with van der Waals surface area (Å²) in [5, 5.41) is 9.83. The molecule has 32 heavy (non-hydrogen) atoms. The van der Waals surface area contributed by atoms with Gasteiger partial charge in [0.25, 0.3) is 10.0 Å². The summed E-state index contributed by atoms with van der Waals surface area (Å²) in [4.78, 5) is 12.5. The van der Waals surface area contributed by atoms with Gasteiger partial charge in [-0.25, -0.2) is 8.42 Å². The molecule has 1 unspecified atom stereocenters. The number of halogens is 3. The van der Waals surface area contributed by atoms with E-state index in [1.807, 2.05) is 0 Å². The molecule has 0 aliphatic carbocycles. The highest BCUT2D eigenvalue weighted by Gasteiger charge is 2.44. The van der Waals surface area contributed by atoms with E-state index in [4.69, 9.17) is 0 Å². The van der Waals surface area contributed by atoms with Crippen LogP contribution >= 0.6 is 11.3 Å². The largest absolute Gasteiger partial charge is 0.480 e. The van der Waals surface area contributed by atoms with Gasteiger partial charge in [-0.1, -0.05) is 49.4 Å². The number of nitrogens with one attached hydrogen (secondary N) is 1. The number of carbonyl (C=O) groups is 1. The molecule has 0 bridgehead atoms. The second kappa shape index (κ2) is 8.68. The first-order valence-corrected chi connectivity index (χ1v) is 11.7. The minimum atomic E-state index is -4.47. The lowest BCUT2D eigenvalue weighted by molar-refractivity contribution is -0.144. The zero-order chi connectivity index (χ0) is 23.7. The van der Waals surface area contributed by atoms with Gasteiger partial charge < -0.3 is 5.11 Å². The summed E-state index contributed by atoms with van der Waals surface area (Å²) in [6.45, 7) is 2.92. The molecule has 2 atom stereocenters.